The van der Waals surface area contributed by atoms with Crippen LogP contribution in [0.1, 0.15) is 31.4 Å². The monoisotopic (exact) mass is 326 g/mol. The molecule has 1 aromatic rings. The lowest BCUT2D eigenvalue weighted by atomic mass is 10.3. The van der Waals surface area contributed by atoms with Crippen LogP contribution in [-0.2, 0) is 16.6 Å². The Kier molecular flexibility index (Phi) is 4.95. The van der Waals surface area contributed by atoms with E-state index in [1.165, 1.54) is 6.07 Å². The lowest BCUT2D eigenvalue weighted by molar-refractivity contribution is -0.135. The van der Waals surface area contributed by atoms with Gasteiger partial charge in [-0.2, -0.15) is 13.2 Å². The molecule has 0 atom stereocenters. The molecule has 1 aliphatic rings. The van der Waals surface area contributed by atoms with E-state index in [0.29, 0.717) is 18.3 Å². The van der Waals surface area contributed by atoms with Crippen LogP contribution in [0.3, 0.4) is 0 Å². The van der Waals surface area contributed by atoms with Crippen molar-refractivity contribution in [2.45, 2.75) is 49.5 Å². The van der Waals surface area contributed by atoms with Crippen LogP contribution in [0.5, 0.6) is 0 Å². The van der Waals surface area contributed by atoms with Gasteiger partial charge >= 0.3 is 6.18 Å². The van der Waals surface area contributed by atoms with Gasteiger partial charge in [0, 0.05) is 19.0 Å². The Morgan fingerprint density at radius 1 is 1.29 bits per heavy atom. The highest BCUT2D eigenvalue weighted by Crippen LogP contribution is 2.22. The van der Waals surface area contributed by atoms with Crippen molar-refractivity contribution in [2.24, 2.45) is 0 Å². The minimum atomic E-state index is -4.28. The van der Waals surface area contributed by atoms with E-state index < -0.39 is 22.6 Å². The fraction of sp³-hybridized carbons (Fsp3) is 0.667. The van der Waals surface area contributed by atoms with Crippen LogP contribution in [0.15, 0.2) is 21.6 Å². The van der Waals surface area contributed by atoms with Gasteiger partial charge in [-0.3, -0.25) is 0 Å². The maximum Gasteiger partial charge on any atom is 0.389 e. The fourth-order valence-corrected chi connectivity index (χ4v) is 2.72. The van der Waals surface area contributed by atoms with Crippen molar-refractivity contribution in [1.82, 2.24) is 10.0 Å². The lowest BCUT2D eigenvalue weighted by Gasteiger charge is -2.07. The molecule has 0 spiro atoms. The Bertz CT molecular complexity index is 565. The van der Waals surface area contributed by atoms with Crippen molar-refractivity contribution < 1.29 is 26.0 Å². The molecule has 0 aromatic carbocycles. The Labute approximate surface area is 120 Å². The summed E-state index contributed by atoms with van der Waals surface area (Å²) in [6, 6.07) is 3.31. The summed E-state index contributed by atoms with van der Waals surface area (Å²) >= 11 is 0. The second-order valence-electron chi connectivity index (χ2n) is 4.99. The van der Waals surface area contributed by atoms with Crippen LogP contribution in [0.4, 0.5) is 13.2 Å². The summed E-state index contributed by atoms with van der Waals surface area (Å²) in [4.78, 5) is 0. The number of furan rings is 1. The van der Waals surface area contributed by atoms with Gasteiger partial charge in [0.25, 0.3) is 10.0 Å². The molecule has 9 heteroatoms. The zero-order valence-corrected chi connectivity index (χ0v) is 12.1. The zero-order chi connectivity index (χ0) is 15.5. The second-order valence-corrected chi connectivity index (χ2v) is 6.69. The third-order valence-electron chi connectivity index (χ3n) is 2.97. The summed E-state index contributed by atoms with van der Waals surface area (Å²) in [5.74, 6) is 0.484. The van der Waals surface area contributed by atoms with E-state index in [9.17, 15) is 21.6 Å². The zero-order valence-electron chi connectivity index (χ0n) is 11.2. The number of nitrogens with one attached hydrogen (secondary N) is 2. The van der Waals surface area contributed by atoms with E-state index in [0.717, 1.165) is 12.8 Å². The van der Waals surface area contributed by atoms with Crippen LogP contribution < -0.4 is 10.0 Å². The van der Waals surface area contributed by atoms with Gasteiger partial charge < -0.3 is 9.73 Å². The van der Waals surface area contributed by atoms with Gasteiger partial charge in [-0.15, -0.1) is 0 Å². The normalized spacial score (nSPS) is 16.3. The number of halogens is 3. The van der Waals surface area contributed by atoms with Gasteiger partial charge in [-0.25, -0.2) is 13.1 Å². The molecule has 1 fully saturated rings. The molecule has 0 amide bonds. The predicted molar refractivity (Wildman–Crippen MR) is 69.0 cm³/mol. The molecular weight excluding hydrogens is 309 g/mol. The summed E-state index contributed by atoms with van der Waals surface area (Å²) in [6.07, 6.45) is -3.40. The van der Waals surface area contributed by atoms with E-state index in [1.54, 1.807) is 6.07 Å². The highest BCUT2D eigenvalue weighted by molar-refractivity contribution is 7.89. The van der Waals surface area contributed by atoms with Crippen LogP contribution in [-0.4, -0.2) is 27.2 Å². The fourth-order valence-electron chi connectivity index (χ4n) is 1.70. The first kappa shape index (κ1) is 16.3. The summed E-state index contributed by atoms with van der Waals surface area (Å²) in [5.41, 5.74) is 0. The van der Waals surface area contributed by atoms with E-state index in [2.05, 4.69) is 10.0 Å². The molecular formula is C12H17F3N2O3S. The summed E-state index contributed by atoms with van der Waals surface area (Å²) < 4.78 is 66.8. The molecule has 0 saturated heterocycles. The first-order valence-electron chi connectivity index (χ1n) is 6.65. The minimum Gasteiger partial charge on any atom is -0.447 e. The standard InChI is InChI=1S/C12H17F3N2O3S/c13-12(14,15)6-1-7-17-21(18,19)11-5-4-10(20-11)8-16-9-2-3-9/h4-5,9,16-17H,1-3,6-8H2. The molecule has 0 unspecified atom stereocenters. The number of hydrogen-bond acceptors (Lipinski definition) is 4. The SMILES string of the molecule is O=S(=O)(NCCCC(F)(F)F)c1ccc(CNC2CC2)o1. The summed E-state index contributed by atoms with van der Waals surface area (Å²) in [5, 5.41) is 2.90. The molecule has 1 heterocycles. The highest BCUT2D eigenvalue weighted by atomic mass is 32.2. The number of rotatable bonds is 8. The third-order valence-corrected chi connectivity index (χ3v) is 4.31. The van der Waals surface area contributed by atoms with Crippen molar-refractivity contribution in [3.8, 4) is 0 Å². The molecule has 0 radical (unpaired) electrons. The van der Waals surface area contributed by atoms with Gasteiger partial charge in [0.05, 0.1) is 6.54 Å². The highest BCUT2D eigenvalue weighted by Gasteiger charge is 2.27. The molecule has 1 aromatic heterocycles. The Hall–Kier alpha value is -1.06. The van der Waals surface area contributed by atoms with Crippen molar-refractivity contribution in [3.63, 3.8) is 0 Å². The van der Waals surface area contributed by atoms with Gasteiger partial charge in [-0.05, 0) is 31.4 Å². The number of alkyl halides is 3. The van der Waals surface area contributed by atoms with Crippen LogP contribution in [0, 0.1) is 0 Å². The molecule has 2 rings (SSSR count). The Morgan fingerprint density at radius 3 is 2.62 bits per heavy atom. The smallest absolute Gasteiger partial charge is 0.389 e. The largest absolute Gasteiger partial charge is 0.447 e. The maximum absolute atomic E-state index is 12.0. The predicted octanol–water partition coefficient (Wildman–Crippen LogP) is 2.15. The maximum atomic E-state index is 12.0. The molecule has 5 nitrogen and oxygen atoms in total. The van der Waals surface area contributed by atoms with Crippen LogP contribution in [0.2, 0.25) is 0 Å². The van der Waals surface area contributed by atoms with Gasteiger partial charge in [0.1, 0.15) is 5.76 Å². The summed E-state index contributed by atoms with van der Waals surface area (Å²) in [6.45, 7) is 0.159. The van der Waals surface area contributed by atoms with Crippen molar-refractivity contribution in [2.75, 3.05) is 6.54 Å². The van der Waals surface area contributed by atoms with Crippen molar-refractivity contribution in [1.29, 1.82) is 0 Å². The first-order valence-corrected chi connectivity index (χ1v) is 8.13. The van der Waals surface area contributed by atoms with Crippen LogP contribution in [0.25, 0.3) is 0 Å². The molecule has 1 aliphatic carbocycles. The van der Waals surface area contributed by atoms with Gasteiger partial charge in [0.2, 0.25) is 5.09 Å². The Balaban J connectivity index is 1.80. The van der Waals surface area contributed by atoms with Gasteiger partial charge in [-0.1, -0.05) is 0 Å². The average molecular weight is 326 g/mol. The average Bonchev–Trinajstić information content (AvgIpc) is 3.07. The van der Waals surface area contributed by atoms with E-state index in [1.807, 2.05) is 0 Å². The van der Waals surface area contributed by atoms with Gasteiger partial charge in [0.15, 0.2) is 0 Å². The summed E-state index contributed by atoms with van der Waals surface area (Å²) in [7, 11) is -3.89. The molecule has 120 valence electrons. The second kappa shape index (κ2) is 6.37. The van der Waals surface area contributed by atoms with Crippen molar-refractivity contribution in [3.05, 3.63) is 17.9 Å². The molecule has 1 saturated carbocycles. The molecule has 2 N–H and O–H groups in total. The molecule has 0 aliphatic heterocycles. The van der Waals surface area contributed by atoms with Crippen molar-refractivity contribution >= 4 is 10.0 Å². The number of hydrogen-bond donors (Lipinski definition) is 2. The third kappa shape index (κ3) is 5.68. The van der Waals surface area contributed by atoms with E-state index in [4.69, 9.17) is 4.42 Å². The lowest BCUT2D eigenvalue weighted by Crippen LogP contribution is -2.25. The molecule has 21 heavy (non-hydrogen) atoms. The number of sulfonamides is 1. The topological polar surface area (TPSA) is 71.3 Å². The van der Waals surface area contributed by atoms with E-state index in [-0.39, 0.29) is 18.1 Å². The molecule has 0 bridgehead atoms. The first-order chi connectivity index (χ1) is 9.76. The van der Waals surface area contributed by atoms with E-state index >= 15 is 0 Å². The minimum absolute atomic E-state index is 0.276. The Morgan fingerprint density at radius 2 is 2.00 bits per heavy atom. The van der Waals surface area contributed by atoms with Crippen LogP contribution >= 0.6 is 0 Å². The quantitative estimate of drug-likeness (QED) is 0.718.